The van der Waals surface area contributed by atoms with Gasteiger partial charge in [0.05, 0.1) is 11.6 Å². The number of amides is 2. The molecule has 3 rings (SSSR count). The van der Waals surface area contributed by atoms with Crippen LogP contribution in [0.4, 0.5) is 4.39 Å². The summed E-state index contributed by atoms with van der Waals surface area (Å²) in [6.07, 6.45) is 0. The maximum atomic E-state index is 14.4. The molecule has 0 spiro atoms. The van der Waals surface area contributed by atoms with E-state index in [1.807, 2.05) is 0 Å². The molecule has 0 radical (unpaired) electrons. The van der Waals surface area contributed by atoms with Gasteiger partial charge in [-0.1, -0.05) is 48.5 Å². The van der Waals surface area contributed by atoms with Crippen LogP contribution in [-0.2, 0) is 14.4 Å². The van der Waals surface area contributed by atoms with Gasteiger partial charge in [0, 0.05) is 11.1 Å². The summed E-state index contributed by atoms with van der Waals surface area (Å²) in [5.41, 5.74) is 5.18. The number of benzene rings is 2. The first-order valence-corrected chi connectivity index (χ1v) is 7.78. The Morgan fingerprint density at radius 2 is 1.69 bits per heavy atom. The number of Topliss-reactive ketones (excluding diaryl/α,β-unsaturated/α-hetero) is 1. The summed E-state index contributed by atoms with van der Waals surface area (Å²) < 4.78 is 14.4. The Hall–Kier alpha value is -3.48. The first-order valence-electron chi connectivity index (χ1n) is 7.78. The van der Waals surface area contributed by atoms with Gasteiger partial charge in [0.2, 0.25) is 5.91 Å². The minimum atomic E-state index is -1.25. The number of primary amides is 1. The quantitative estimate of drug-likeness (QED) is 0.496. The average molecular weight is 354 g/mol. The van der Waals surface area contributed by atoms with Gasteiger partial charge in [0.25, 0.3) is 11.7 Å². The van der Waals surface area contributed by atoms with Crippen molar-refractivity contribution < 1.29 is 23.9 Å². The number of nitrogens with two attached hydrogens (primary N) is 1. The van der Waals surface area contributed by atoms with E-state index >= 15 is 0 Å². The molecule has 1 heterocycles. The fourth-order valence-electron chi connectivity index (χ4n) is 2.98. The van der Waals surface area contributed by atoms with Crippen LogP contribution in [0.2, 0.25) is 0 Å². The summed E-state index contributed by atoms with van der Waals surface area (Å²) in [7, 11) is 0. The molecular weight excluding hydrogens is 339 g/mol. The number of hydrogen-bond donors (Lipinski definition) is 2. The van der Waals surface area contributed by atoms with E-state index in [1.165, 1.54) is 24.3 Å². The zero-order chi connectivity index (χ0) is 18.8. The van der Waals surface area contributed by atoms with Crippen LogP contribution in [0.25, 0.3) is 5.76 Å². The average Bonchev–Trinajstić information content (AvgIpc) is 2.87. The Morgan fingerprint density at radius 1 is 1.08 bits per heavy atom. The predicted molar refractivity (Wildman–Crippen MR) is 91.0 cm³/mol. The molecule has 6 nitrogen and oxygen atoms in total. The van der Waals surface area contributed by atoms with E-state index in [4.69, 9.17) is 5.73 Å². The third-order valence-electron chi connectivity index (χ3n) is 4.11. The van der Waals surface area contributed by atoms with E-state index in [0.29, 0.717) is 5.56 Å². The standard InChI is InChI=1S/C19H15FN2O4/c20-13-9-5-4-8-12(13)16-15(17(24)11-6-2-1-3-7-11)18(25)19(26)22(16)10-14(21)23/h1-9,16,24H,10H2,(H2,21,23). The Morgan fingerprint density at radius 3 is 2.31 bits per heavy atom. The van der Waals surface area contributed by atoms with Crippen molar-refractivity contribution in [2.24, 2.45) is 5.73 Å². The highest BCUT2D eigenvalue weighted by Gasteiger charge is 2.47. The Bertz CT molecular complexity index is 924. The van der Waals surface area contributed by atoms with Crippen molar-refractivity contribution in [3.05, 3.63) is 77.1 Å². The molecule has 0 aliphatic carbocycles. The van der Waals surface area contributed by atoms with Gasteiger partial charge < -0.3 is 15.7 Å². The lowest BCUT2D eigenvalue weighted by molar-refractivity contribution is -0.141. The molecule has 1 atom stereocenters. The van der Waals surface area contributed by atoms with Crippen molar-refractivity contribution >= 4 is 23.4 Å². The first kappa shape index (κ1) is 17.3. The smallest absolute Gasteiger partial charge is 0.296 e. The van der Waals surface area contributed by atoms with Crippen LogP contribution in [0.1, 0.15) is 17.2 Å². The van der Waals surface area contributed by atoms with Gasteiger partial charge in [-0.3, -0.25) is 14.4 Å². The third-order valence-corrected chi connectivity index (χ3v) is 4.11. The van der Waals surface area contributed by atoms with Crippen LogP contribution in [0.3, 0.4) is 0 Å². The monoisotopic (exact) mass is 354 g/mol. The van der Waals surface area contributed by atoms with E-state index in [9.17, 15) is 23.9 Å². The summed E-state index contributed by atoms with van der Waals surface area (Å²) in [5, 5.41) is 10.6. The summed E-state index contributed by atoms with van der Waals surface area (Å²) in [5.74, 6) is -3.99. The Kier molecular flexibility index (Phi) is 4.53. The van der Waals surface area contributed by atoms with Gasteiger partial charge in [-0.2, -0.15) is 0 Å². The zero-order valence-corrected chi connectivity index (χ0v) is 13.6. The number of aliphatic hydroxyl groups is 1. The molecule has 7 heteroatoms. The molecule has 1 aliphatic rings. The number of carbonyl (C=O) groups is 3. The van der Waals surface area contributed by atoms with Crippen LogP contribution < -0.4 is 5.73 Å². The van der Waals surface area contributed by atoms with E-state index in [2.05, 4.69) is 0 Å². The van der Waals surface area contributed by atoms with Gasteiger partial charge in [0.15, 0.2) is 0 Å². The first-order chi connectivity index (χ1) is 12.4. The van der Waals surface area contributed by atoms with Crippen molar-refractivity contribution in [3.8, 4) is 0 Å². The predicted octanol–water partition coefficient (Wildman–Crippen LogP) is 1.73. The highest BCUT2D eigenvalue weighted by molar-refractivity contribution is 6.46. The molecule has 1 unspecified atom stereocenters. The fourth-order valence-corrected chi connectivity index (χ4v) is 2.98. The second kappa shape index (κ2) is 6.79. The molecule has 1 aliphatic heterocycles. The highest BCUT2D eigenvalue weighted by Crippen LogP contribution is 2.39. The maximum absolute atomic E-state index is 14.4. The number of nitrogens with zero attached hydrogens (tertiary/aromatic N) is 1. The second-order valence-electron chi connectivity index (χ2n) is 5.78. The molecule has 2 amide bonds. The van der Waals surface area contributed by atoms with E-state index < -0.39 is 41.8 Å². The molecule has 2 aromatic carbocycles. The lowest BCUT2D eigenvalue weighted by Gasteiger charge is -2.24. The van der Waals surface area contributed by atoms with E-state index in [0.717, 1.165) is 4.90 Å². The molecule has 26 heavy (non-hydrogen) atoms. The Balaban J connectivity index is 2.24. The van der Waals surface area contributed by atoms with Gasteiger partial charge in [-0.15, -0.1) is 0 Å². The van der Waals surface area contributed by atoms with Crippen LogP contribution >= 0.6 is 0 Å². The van der Waals surface area contributed by atoms with Crippen LogP contribution in [0, 0.1) is 5.82 Å². The van der Waals surface area contributed by atoms with Crippen molar-refractivity contribution in [1.82, 2.24) is 4.90 Å². The number of ketones is 1. The molecule has 3 N–H and O–H groups in total. The number of carbonyl (C=O) groups excluding carboxylic acids is 3. The van der Waals surface area contributed by atoms with Crippen molar-refractivity contribution in [3.63, 3.8) is 0 Å². The molecule has 1 fully saturated rings. The molecule has 2 aromatic rings. The van der Waals surface area contributed by atoms with Crippen LogP contribution in [0.15, 0.2) is 60.2 Å². The summed E-state index contributed by atoms with van der Waals surface area (Å²) >= 11 is 0. The zero-order valence-electron chi connectivity index (χ0n) is 13.6. The van der Waals surface area contributed by atoms with Crippen molar-refractivity contribution in [2.45, 2.75) is 6.04 Å². The van der Waals surface area contributed by atoms with E-state index in [1.54, 1.807) is 30.3 Å². The van der Waals surface area contributed by atoms with E-state index in [-0.39, 0.29) is 11.1 Å². The van der Waals surface area contributed by atoms with Gasteiger partial charge in [-0.25, -0.2) is 4.39 Å². The lowest BCUT2D eigenvalue weighted by Crippen LogP contribution is -2.37. The van der Waals surface area contributed by atoms with Crippen LogP contribution in [0.5, 0.6) is 0 Å². The largest absolute Gasteiger partial charge is 0.507 e. The summed E-state index contributed by atoms with van der Waals surface area (Å²) in [4.78, 5) is 37.1. The third kappa shape index (κ3) is 2.95. The minimum absolute atomic E-state index is 0.00886. The van der Waals surface area contributed by atoms with Gasteiger partial charge in [-0.05, 0) is 6.07 Å². The molecule has 0 saturated carbocycles. The van der Waals surface area contributed by atoms with Crippen molar-refractivity contribution in [1.29, 1.82) is 0 Å². The molecule has 0 bridgehead atoms. The van der Waals surface area contributed by atoms with Crippen LogP contribution in [-0.4, -0.2) is 34.1 Å². The summed E-state index contributed by atoms with van der Waals surface area (Å²) in [6, 6.07) is 12.4. The Labute approximate surface area is 148 Å². The topological polar surface area (TPSA) is 101 Å². The number of halogens is 1. The molecule has 1 saturated heterocycles. The lowest BCUT2D eigenvalue weighted by atomic mass is 9.95. The molecule has 132 valence electrons. The molecule has 0 aromatic heterocycles. The van der Waals surface area contributed by atoms with Crippen molar-refractivity contribution in [2.75, 3.05) is 6.54 Å². The minimum Gasteiger partial charge on any atom is -0.507 e. The maximum Gasteiger partial charge on any atom is 0.296 e. The number of hydrogen-bond acceptors (Lipinski definition) is 4. The SMILES string of the molecule is NC(=O)CN1C(=O)C(=O)C(=C(O)c2ccccc2)C1c1ccccc1F. The summed E-state index contributed by atoms with van der Waals surface area (Å²) in [6.45, 7) is -0.574. The van der Waals surface area contributed by atoms with Gasteiger partial charge >= 0.3 is 0 Å². The molecular formula is C19H15FN2O4. The second-order valence-corrected chi connectivity index (χ2v) is 5.78. The number of likely N-dealkylation sites (tertiary alicyclic amines) is 1. The normalized spacial score (nSPS) is 19.0. The highest BCUT2D eigenvalue weighted by atomic mass is 19.1. The van der Waals surface area contributed by atoms with Gasteiger partial charge in [0.1, 0.15) is 18.1 Å². The fraction of sp³-hybridized carbons (Fsp3) is 0.105. The number of rotatable bonds is 4. The number of aliphatic hydroxyl groups excluding tert-OH is 1.